The van der Waals surface area contributed by atoms with Crippen molar-refractivity contribution in [1.29, 1.82) is 0 Å². The SMILES string of the molecule is COc1ccc(C(OCC(O)CNC(C)(C)Cc2ccc3ccccc3c2)C2CC2)s1. The number of nitrogens with one attached hydrogen (secondary N) is 1. The second kappa shape index (κ2) is 9.70. The van der Waals surface area contributed by atoms with Gasteiger partial charge in [0.05, 0.1) is 25.9 Å². The summed E-state index contributed by atoms with van der Waals surface area (Å²) in [4.78, 5) is 1.19. The fraction of sp³-hybridized carbons (Fsp3) is 0.462. The van der Waals surface area contributed by atoms with E-state index in [-0.39, 0.29) is 11.6 Å². The number of thiophene rings is 1. The van der Waals surface area contributed by atoms with Gasteiger partial charge >= 0.3 is 0 Å². The molecule has 1 aliphatic rings. The van der Waals surface area contributed by atoms with Crippen molar-refractivity contribution < 1.29 is 14.6 Å². The Bertz CT molecular complexity index is 995. The van der Waals surface area contributed by atoms with Gasteiger partial charge < -0.3 is 19.9 Å². The van der Waals surface area contributed by atoms with E-state index >= 15 is 0 Å². The summed E-state index contributed by atoms with van der Waals surface area (Å²) < 4.78 is 11.5. The summed E-state index contributed by atoms with van der Waals surface area (Å²) >= 11 is 1.64. The Morgan fingerprint density at radius 3 is 2.58 bits per heavy atom. The summed E-state index contributed by atoms with van der Waals surface area (Å²) in [6.45, 7) is 5.20. The van der Waals surface area contributed by atoms with Crippen LogP contribution in [0.3, 0.4) is 0 Å². The van der Waals surface area contributed by atoms with Crippen LogP contribution in [0.5, 0.6) is 5.06 Å². The van der Waals surface area contributed by atoms with E-state index in [4.69, 9.17) is 9.47 Å². The molecular weight excluding hydrogens is 406 g/mol. The molecule has 2 N–H and O–H groups in total. The van der Waals surface area contributed by atoms with Gasteiger partial charge in [-0.2, -0.15) is 0 Å². The largest absolute Gasteiger partial charge is 0.487 e. The van der Waals surface area contributed by atoms with Crippen molar-refractivity contribution in [3.8, 4) is 5.06 Å². The van der Waals surface area contributed by atoms with Gasteiger partial charge in [0.2, 0.25) is 0 Å². The van der Waals surface area contributed by atoms with E-state index in [1.165, 1.54) is 34.1 Å². The van der Waals surface area contributed by atoms with Crippen molar-refractivity contribution in [2.24, 2.45) is 5.92 Å². The summed E-state index contributed by atoms with van der Waals surface area (Å²) in [5.74, 6) is 0.563. The first kappa shape index (κ1) is 22.3. The lowest BCUT2D eigenvalue weighted by molar-refractivity contribution is -0.0196. The quantitative estimate of drug-likeness (QED) is 0.423. The summed E-state index contributed by atoms with van der Waals surface area (Å²) in [5, 5.41) is 17.5. The molecule has 0 amide bonds. The fourth-order valence-corrected chi connectivity index (χ4v) is 5.00. The van der Waals surface area contributed by atoms with Gasteiger partial charge in [-0.3, -0.25) is 0 Å². The van der Waals surface area contributed by atoms with Crippen LogP contribution in [-0.2, 0) is 11.2 Å². The van der Waals surface area contributed by atoms with Crippen molar-refractivity contribution >= 4 is 22.1 Å². The molecule has 1 saturated carbocycles. The molecule has 1 aromatic heterocycles. The van der Waals surface area contributed by atoms with Gasteiger partial charge in [0.25, 0.3) is 0 Å². The average molecular weight is 440 g/mol. The molecule has 31 heavy (non-hydrogen) atoms. The Kier molecular flexibility index (Phi) is 6.97. The second-order valence-electron chi connectivity index (χ2n) is 9.23. The molecule has 4 nitrogen and oxygen atoms in total. The Labute approximate surface area is 189 Å². The number of fused-ring (bicyclic) bond motifs is 1. The maximum atomic E-state index is 10.6. The van der Waals surface area contributed by atoms with Crippen molar-refractivity contribution in [3.63, 3.8) is 0 Å². The molecule has 3 aromatic rings. The smallest absolute Gasteiger partial charge is 0.173 e. The number of benzene rings is 2. The topological polar surface area (TPSA) is 50.7 Å². The summed E-state index contributed by atoms with van der Waals surface area (Å²) in [6.07, 6.45) is 2.80. The zero-order chi connectivity index (χ0) is 21.8. The van der Waals surface area contributed by atoms with Crippen LogP contribution in [0.15, 0.2) is 54.6 Å². The molecule has 1 aliphatic carbocycles. The number of hydrogen-bond acceptors (Lipinski definition) is 5. The number of aliphatic hydroxyl groups is 1. The molecule has 2 unspecified atom stereocenters. The first-order valence-electron chi connectivity index (χ1n) is 11.1. The highest BCUT2D eigenvalue weighted by Crippen LogP contribution is 2.46. The lowest BCUT2D eigenvalue weighted by atomic mass is 9.93. The Morgan fingerprint density at radius 1 is 1.10 bits per heavy atom. The van der Waals surface area contributed by atoms with Gasteiger partial charge in [0, 0.05) is 17.0 Å². The number of β-amino-alcohol motifs (C(OH)–C–C–N with tert-alkyl or cyclic N) is 1. The van der Waals surface area contributed by atoms with Crippen molar-refractivity contribution in [2.75, 3.05) is 20.3 Å². The van der Waals surface area contributed by atoms with E-state index in [9.17, 15) is 5.11 Å². The molecule has 0 bridgehead atoms. The van der Waals surface area contributed by atoms with E-state index in [0.29, 0.717) is 19.1 Å². The third-order valence-electron chi connectivity index (χ3n) is 5.88. The van der Waals surface area contributed by atoms with Crippen LogP contribution < -0.4 is 10.1 Å². The number of aliphatic hydroxyl groups excluding tert-OH is 1. The molecule has 1 heterocycles. The zero-order valence-electron chi connectivity index (χ0n) is 18.6. The standard InChI is InChI=1S/C26H33NO3S/c1-26(2,15-18-8-9-19-6-4-5-7-21(19)14-18)27-16-22(28)17-30-25(20-10-11-20)23-12-13-24(29-3)31-23/h4-9,12-14,20,22,25,27-28H,10-11,15-17H2,1-3H3. The highest BCUT2D eigenvalue weighted by atomic mass is 32.1. The predicted octanol–water partition coefficient (Wildman–Crippen LogP) is 5.35. The molecular formula is C26H33NO3S. The van der Waals surface area contributed by atoms with Gasteiger partial charge in [-0.15, -0.1) is 11.3 Å². The maximum absolute atomic E-state index is 10.6. The summed E-state index contributed by atoms with van der Waals surface area (Å²) in [7, 11) is 1.69. The van der Waals surface area contributed by atoms with Crippen molar-refractivity contribution in [3.05, 3.63) is 65.0 Å². The van der Waals surface area contributed by atoms with Crippen LogP contribution in [0.4, 0.5) is 0 Å². The first-order valence-corrected chi connectivity index (χ1v) is 11.9. The van der Waals surface area contributed by atoms with Crippen LogP contribution in [0.1, 0.15) is 43.2 Å². The van der Waals surface area contributed by atoms with Gasteiger partial charge in [-0.1, -0.05) is 42.5 Å². The predicted molar refractivity (Wildman–Crippen MR) is 128 cm³/mol. The highest BCUT2D eigenvalue weighted by molar-refractivity contribution is 7.13. The molecule has 0 aliphatic heterocycles. The summed E-state index contributed by atoms with van der Waals surface area (Å²) in [5.41, 5.74) is 1.17. The minimum atomic E-state index is -0.543. The van der Waals surface area contributed by atoms with Crippen molar-refractivity contribution in [1.82, 2.24) is 5.32 Å². The fourth-order valence-electron chi connectivity index (χ4n) is 4.04. The van der Waals surface area contributed by atoms with Crippen LogP contribution in [-0.4, -0.2) is 37.0 Å². The molecule has 2 atom stereocenters. The minimum Gasteiger partial charge on any atom is -0.487 e. The van der Waals surface area contributed by atoms with E-state index in [2.05, 4.69) is 67.7 Å². The van der Waals surface area contributed by atoms with E-state index in [1.54, 1.807) is 18.4 Å². The first-order chi connectivity index (χ1) is 14.9. The molecule has 0 radical (unpaired) electrons. The van der Waals surface area contributed by atoms with Crippen LogP contribution >= 0.6 is 11.3 Å². The van der Waals surface area contributed by atoms with Gasteiger partial charge in [0.15, 0.2) is 5.06 Å². The second-order valence-corrected chi connectivity index (χ2v) is 10.3. The van der Waals surface area contributed by atoms with E-state index < -0.39 is 6.10 Å². The third kappa shape index (κ3) is 6.07. The van der Waals surface area contributed by atoms with Crippen LogP contribution in [0.25, 0.3) is 10.8 Å². The van der Waals surface area contributed by atoms with E-state index in [0.717, 1.165) is 11.5 Å². The lowest BCUT2D eigenvalue weighted by Crippen LogP contribution is -2.46. The molecule has 2 aromatic carbocycles. The van der Waals surface area contributed by atoms with Crippen LogP contribution in [0.2, 0.25) is 0 Å². The molecule has 4 rings (SSSR count). The summed E-state index contributed by atoms with van der Waals surface area (Å²) in [6, 6.07) is 19.2. The minimum absolute atomic E-state index is 0.0640. The molecule has 0 spiro atoms. The Balaban J connectivity index is 1.28. The molecule has 1 fully saturated rings. The number of rotatable bonds is 11. The zero-order valence-corrected chi connectivity index (χ0v) is 19.5. The molecule has 5 heteroatoms. The third-order valence-corrected chi connectivity index (χ3v) is 6.99. The lowest BCUT2D eigenvalue weighted by Gasteiger charge is -2.28. The van der Waals surface area contributed by atoms with Crippen molar-refractivity contribution in [2.45, 2.75) is 50.9 Å². The van der Waals surface area contributed by atoms with Gasteiger partial charge in [-0.05, 0) is 67.5 Å². The molecule has 166 valence electrons. The Morgan fingerprint density at radius 2 is 1.87 bits per heavy atom. The normalized spacial score (nSPS) is 16.4. The average Bonchev–Trinajstić information content (AvgIpc) is 3.48. The number of ether oxygens (including phenoxy) is 2. The van der Waals surface area contributed by atoms with E-state index in [1.807, 2.05) is 6.07 Å². The number of hydrogen-bond donors (Lipinski definition) is 2. The van der Waals surface area contributed by atoms with Crippen LogP contribution in [0, 0.1) is 5.92 Å². The Hall–Kier alpha value is -1.92. The highest BCUT2D eigenvalue weighted by Gasteiger charge is 2.34. The monoisotopic (exact) mass is 439 g/mol. The van der Waals surface area contributed by atoms with Gasteiger partial charge in [-0.25, -0.2) is 0 Å². The number of methoxy groups -OCH3 is 1. The molecule has 0 saturated heterocycles. The van der Waals surface area contributed by atoms with Gasteiger partial charge in [0.1, 0.15) is 0 Å². The maximum Gasteiger partial charge on any atom is 0.173 e.